The van der Waals surface area contributed by atoms with Gasteiger partial charge in [-0.05, 0) is 44.0 Å². The maximum atomic E-state index is 11.7. The van der Waals surface area contributed by atoms with Crippen LogP contribution in [0, 0.1) is 0 Å². The highest BCUT2D eigenvalue weighted by Gasteiger charge is 2.09. The first-order valence-electron chi connectivity index (χ1n) is 6.38. The minimum Gasteiger partial charge on any atom is -0.350 e. The molecule has 0 saturated carbocycles. The van der Waals surface area contributed by atoms with Gasteiger partial charge in [-0.2, -0.15) is 0 Å². The molecule has 0 aliphatic rings. The van der Waals surface area contributed by atoms with E-state index in [9.17, 15) is 4.79 Å². The molecule has 1 rings (SSSR count). The summed E-state index contributed by atoms with van der Waals surface area (Å²) in [5.41, 5.74) is 6.52. The maximum absolute atomic E-state index is 11.7. The molecule has 3 N–H and O–H groups in total. The number of rotatable bonds is 7. The van der Waals surface area contributed by atoms with Crippen LogP contribution >= 0.6 is 15.9 Å². The number of benzene rings is 1. The Morgan fingerprint density at radius 1 is 1.39 bits per heavy atom. The molecule has 0 saturated heterocycles. The molecular formula is C14H21BrN2O. The number of amides is 1. The lowest BCUT2D eigenvalue weighted by Crippen LogP contribution is -2.26. The molecule has 0 unspecified atom stereocenters. The number of unbranched alkanes of at least 4 members (excludes halogenated alkanes) is 2. The van der Waals surface area contributed by atoms with E-state index in [1.165, 1.54) is 0 Å². The van der Waals surface area contributed by atoms with Crippen molar-refractivity contribution in [2.75, 3.05) is 6.54 Å². The van der Waals surface area contributed by atoms with E-state index in [0.29, 0.717) is 13.0 Å². The monoisotopic (exact) mass is 312 g/mol. The van der Waals surface area contributed by atoms with Gasteiger partial charge >= 0.3 is 0 Å². The summed E-state index contributed by atoms with van der Waals surface area (Å²) in [7, 11) is 0. The third-order valence-corrected chi connectivity index (χ3v) is 3.33. The Kier molecular flexibility index (Phi) is 6.98. The molecule has 1 atom stereocenters. The highest BCUT2D eigenvalue weighted by atomic mass is 79.9. The summed E-state index contributed by atoms with van der Waals surface area (Å²) in [4.78, 5) is 11.7. The Hall–Kier alpha value is -0.870. The van der Waals surface area contributed by atoms with E-state index in [0.717, 1.165) is 29.3 Å². The Bertz CT molecular complexity index is 382. The summed E-state index contributed by atoms with van der Waals surface area (Å²) < 4.78 is 1.03. The van der Waals surface area contributed by atoms with Crippen LogP contribution in [0.2, 0.25) is 0 Å². The van der Waals surface area contributed by atoms with Crippen LogP contribution in [0.4, 0.5) is 0 Å². The Balaban J connectivity index is 2.35. The van der Waals surface area contributed by atoms with Crippen LogP contribution in [0.1, 0.15) is 44.2 Å². The minimum absolute atomic E-state index is 0.0458. The summed E-state index contributed by atoms with van der Waals surface area (Å²) in [5, 5.41) is 3.01. The van der Waals surface area contributed by atoms with E-state index in [2.05, 4.69) is 21.2 Å². The van der Waals surface area contributed by atoms with Gasteiger partial charge in [0, 0.05) is 10.9 Å². The van der Waals surface area contributed by atoms with Gasteiger partial charge in [-0.25, -0.2) is 0 Å². The molecular weight excluding hydrogens is 292 g/mol. The topological polar surface area (TPSA) is 55.1 Å². The summed E-state index contributed by atoms with van der Waals surface area (Å²) >= 11 is 3.43. The van der Waals surface area contributed by atoms with Crippen molar-refractivity contribution in [2.45, 2.75) is 38.6 Å². The van der Waals surface area contributed by atoms with E-state index in [-0.39, 0.29) is 11.9 Å². The Morgan fingerprint density at radius 2 is 2.17 bits per heavy atom. The molecule has 0 fully saturated rings. The standard InChI is InChI=1S/C14H21BrN2O/c1-11(12-6-5-7-13(15)10-12)17-14(18)8-3-2-4-9-16/h5-7,10-11H,2-4,8-9,16H2,1H3,(H,17,18)/t11-/m1/s1. The predicted octanol–water partition coefficient (Wildman–Crippen LogP) is 3.15. The third kappa shape index (κ3) is 5.65. The van der Waals surface area contributed by atoms with Gasteiger partial charge in [0.15, 0.2) is 0 Å². The zero-order valence-electron chi connectivity index (χ0n) is 10.8. The van der Waals surface area contributed by atoms with Crippen molar-refractivity contribution in [1.29, 1.82) is 0 Å². The molecule has 0 bridgehead atoms. The normalized spacial score (nSPS) is 12.2. The van der Waals surface area contributed by atoms with Crippen molar-refractivity contribution in [1.82, 2.24) is 5.32 Å². The van der Waals surface area contributed by atoms with Gasteiger partial charge in [-0.15, -0.1) is 0 Å². The molecule has 1 aromatic rings. The van der Waals surface area contributed by atoms with E-state index in [1.807, 2.05) is 31.2 Å². The SMILES string of the molecule is C[C@@H](NC(=O)CCCCCN)c1cccc(Br)c1. The van der Waals surface area contributed by atoms with Crippen molar-refractivity contribution in [2.24, 2.45) is 5.73 Å². The molecule has 1 aromatic carbocycles. The van der Waals surface area contributed by atoms with Gasteiger partial charge < -0.3 is 11.1 Å². The van der Waals surface area contributed by atoms with Crippen molar-refractivity contribution in [3.63, 3.8) is 0 Å². The first kappa shape index (κ1) is 15.2. The Labute approximate surface area is 117 Å². The van der Waals surface area contributed by atoms with Crippen molar-refractivity contribution in [3.8, 4) is 0 Å². The van der Waals surface area contributed by atoms with Crippen LogP contribution in [-0.2, 0) is 4.79 Å². The van der Waals surface area contributed by atoms with Crippen LogP contribution in [-0.4, -0.2) is 12.5 Å². The first-order chi connectivity index (χ1) is 8.63. The Morgan fingerprint density at radius 3 is 2.83 bits per heavy atom. The second kappa shape index (κ2) is 8.27. The lowest BCUT2D eigenvalue weighted by Gasteiger charge is -2.14. The third-order valence-electron chi connectivity index (χ3n) is 2.83. The second-order valence-electron chi connectivity index (χ2n) is 4.44. The van der Waals surface area contributed by atoms with Crippen LogP contribution in [0.25, 0.3) is 0 Å². The fraction of sp³-hybridized carbons (Fsp3) is 0.500. The number of hydrogen-bond acceptors (Lipinski definition) is 2. The highest BCUT2D eigenvalue weighted by molar-refractivity contribution is 9.10. The first-order valence-corrected chi connectivity index (χ1v) is 7.17. The highest BCUT2D eigenvalue weighted by Crippen LogP contribution is 2.17. The van der Waals surface area contributed by atoms with E-state index < -0.39 is 0 Å². The van der Waals surface area contributed by atoms with Gasteiger partial charge in [-0.1, -0.05) is 34.5 Å². The molecule has 0 spiro atoms. The molecule has 1 amide bonds. The molecule has 0 radical (unpaired) electrons. The average Bonchev–Trinajstić information content (AvgIpc) is 2.34. The smallest absolute Gasteiger partial charge is 0.220 e. The molecule has 0 heterocycles. The number of carbonyl (C=O) groups excluding carboxylic acids is 1. The van der Waals surface area contributed by atoms with Crippen molar-refractivity contribution >= 4 is 21.8 Å². The van der Waals surface area contributed by atoms with Gasteiger partial charge in [0.2, 0.25) is 5.91 Å². The molecule has 4 heteroatoms. The molecule has 3 nitrogen and oxygen atoms in total. The quantitative estimate of drug-likeness (QED) is 0.760. The van der Waals surface area contributed by atoms with Gasteiger partial charge in [0.1, 0.15) is 0 Å². The summed E-state index contributed by atoms with van der Waals surface area (Å²) in [5.74, 6) is 0.111. The largest absolute Gasteiger partial charge is 0.350 e. The van der Waals surface area contributed by atoms with Gasteiger partial charge in [0.05, 0.1) is 6.04 Å². The lowest BCUT2D eigenvalue weighted by molar-refractivity contribution is -0.121. The zero-order chi connectivity index (χ0) is 13.4. The molecule has 0 aliphatic heterocycles. The number of nitrogens with two attached hydrogens (primary N) is 1. The molecule has 0 aromatic heterocycles. The van der Waals surface area contributed by atoms with Crippen molar-refractivity contribution < 1.29 is 4.79 Å². The molecule has 100 valence electrons. The van der Waals surface area contributed by atoms with Crippen LogP contribution in [0.3, 0.4) is 0 Å². The van der Waals surface area contributed by atoms with Crippen LogP contribution in [0.15, 0.2) is 28.7 Å². The fourth-order valence-corrected chi connectivity index (χ4v) is 2.20. The van der Waals surface area contributed by atoms with Crippen LogP contribution in [0.5, 0.6) is 0 Å². The number of nitrogens with one attached hydrogen (secondary N) is 1. The molecule has 18 heavy (non-hydrogen) atoms. The second-order valence-corrected chi connectivity index (χ2v) is 5.36. The summed E-state index contributed by atoms with van der Waals surface area (Å²) in [6.45, 7) is 2.70. The molecule has 0 aliphatic carbocycles. The average molecular weight is 313 g/mol. The van der Waals surface area contributed by atoms with E-state index in [1.54, 1.807) is 0 Å². The van der Waals surface area contributed by atoms with Crippen LogP contribution < -0.4 is 11.1 Å². The zero-order valence-corrected chi connectivity index (χ0v) is 12.4. The fourth-order valence-electron chi connectivity index (χ4n) is 1.78. The van der Waals surface area contributed by atoms with Crippen molar-refractivity contribution in [3.05, 3.63) is 34.3 Å². The minimum atomic E-state index is 0.0458. The van der Waals surface area contributed by atoms with Gasteiger partial charge in [-0.3, -0.25) is 4.79 Å². The number of halogens is 1. The number of carbonyl (C=O) groups is 1. The number of hydrogen-bond donors (Lipinski definition) is 2. The van der Waals surface area contributed by atoms with E-state index >= 15 is 0 Å². The maximum Gasteiger partial charge on any atom is 0.220 e. The van der Waals surface area contributed by atoms with Gasteiger partial charge in [0.25, 0.3) is 0 Å². The summed E-state index contributed by atoms with van der Waals surface area (Å²) in [6, 6.07) is 8.04. The predicted molar refractivity (Wildman–Crippen MR) is 78.2 cm³/mol. The summed E-state index contributed by atoms with van der Waals surface area (Å²) in [6.07, 6.45) is 3.51. The van der Waals surface area contributed by atoms with E-state index in [4.69, 9.17) is 5.73 Å². The lowest BCUT2D eigenvalue weighted by atomic mass is 10.1.